The number of para-hydroxylation sites is 1. The zero-order chi connectivity index (χ0) is 21.5. The summed E-state index contributed by atoms with van der Waals surface area (Å²) in [6, 6.07) is 6.92. The number of rotatable bonds is 4. The van der Waals surface area contributed by atoms with Crippen molar-refractivity contribution in [3.63, 3.8) is 0 Å². The van der Waals surface area contributed by atoms with Crippen molar-refractivity contribution in [2.45, 2.75) is 62.8 Å². The van der Waals surface area contributed by atoms with Gasteiger partial charge in [0, 0.05) is 37.8 Å². The van der Waals surface area contributed by atoms with Crippen molar-refractivity contribution in [1.29, 1.82) is 0 Å². The highest BCUT2D eigenvalue weighted by Gasteiger charge is 2.36. The van der Waals surface area contributed by atoms with Gasteiger partial charge in [0.1, 0.15) is 10.7 Å². The standard InChI is InChI=1S/C22H31FN4O2S/c1-22(2,3)21-20(16-27(24-21)17-8-4-5-9-17)30(28,29)26-14-12-25(13-15-26)19-11-7-6-10-18(19)23/h6-7,10-11,16-17H,4-5,8-9,12-15H2,1-3H3. The van der Waals surface area contributed by atoms with Gasteiger partial charge in [-0.05, 0) is 25.0 Å². The molecule has 0 radical (unpaired) electrons. The van der Waals surface area contributed by atoms with Gasteiger partial charge in [0.15, 0.2) is 0 Å². The Kier molecular flexibility index (Phi) is 5.66. The van der Waals surface area contributed by atoms with E-state index in [9.17, 15) is 12.8 Å². The Morgan fingerprint density at radius 1 is 1.03 bits per heavy atom. The highest BCUT2D eigenvalue weighted by molar-refractivity contribution is 7.89. The number of piperazine rings is 1. The highest BCUT2D eigenvalue weighted by atomic mass is 32.2. The summed E-state index contributed by atoms with van der Waals surface area (Å²) in [5.41, 5.74) is 0.784. The van der Waals surface area contributed by atoms with Gasteiger partial charge in [0.2, 0.25) is 10.0 Å². The molecule has 2 aromatic rings. The second-order valence-electron chi connectivity index (χ2n) is 9.35. The fraction of sp³-hybridized carbons (Fsp3) is 0.591. The molecular weight excluding hydrogens is 403 g/mol. The van der Waals surface area contributed by atoms with Crippen molar-refractivity contribution in [2.24, 2.45) is 0 Å². The second kappa shape index (κ2) is 7.96. The smallest absolute Gasteiger partial charge is 0.246 e. The molecule has 1 aliphatic heterocycles. The fourth-order valence-electron chi connectivity index (χ4n) is 4.46. The summed E-state index contributed by atoms with van der Waals surface area (Å²) >= 11 is 0. The first kappa shape index (κ1) is 21.3. The molecule has 0 amide bonds. The molecule has 1 aromatic heterocycles. The topological polar surface area (TPSA) is 58.4 Å². The highest BCUT2D eigenvalue weighted by Crippen LogP contribution is 2.35. The average molecular weight is 435 g/mol. The molecule has 1 saturated heterocycles. The summed E-state index contributed by atoms with van der Waals surface area (Å²) in [4.78, 5) is 2.23. The van der Waals surface area contributed by atoms with E-state index in [2.05, 4.69) is 0 Å². The number of nitrogens with zero attached hydrogens (tertiary/aromatic N) is 4. The number of aromatic nitrogens is 2. The molecule has 0 bridgehead atoms. The Morgan fingerprint density at radius 2 is 1.67 bits per heavy atom. The number of hydrogen-bond donors (Lipinski definition) is 0. The summed E-state index contributed by atoms with van der Waals surface area (Å²) in [6.07, 6.45) is 6.16. The summed E-state index contributed by atoms with van der Waals surface area (Å²) in [6.45, 7) is 7.59. The SMILES string of the molecule is CC(C)(C)c1nn(C2CCCC2)cc1S(=O)(=O)N1CCN(c2ccccc2F)CC1. The summed E-state index contributed by atoms with van der Waals surface area (Å²) < 4.78 is 44.7. The van der Waals surface area contributed by atoms with Gasteiger partial charge >= 0.3 is 0 Å². The Labute approximate surface area is 178 Å². The minimum Gasteiger partial charge on any atom is -0.367 e. The molecule has 0 spiro atoms. The third-order valence-electron chi connectivity index (χ3n) is 6.16. The number of anilines is 1. The predicted molar refractivity (Wildman–Crippen MR) is 116 cm³/mol. The molecule has 2 fully saturated rings. The Bertz CT molecular complexity index is 998. The predicted octanol–water partition coefficient (Wildman–Crippen LogP) is 3.95. The third-order valence-corrected chi connectivity index (χ3v) is 8.06. The van der Waals surface area contributed by atoms with Crippen LogP contribution < -0.4 is 4.90 Å². The van der Waals surface area contributed by atoms with Crippen LogP contribution in [-0.4, -0.2) is 48.7 Å². The van der Waals surface area contributed by atoms with Crippen molar-refractivity contribution >= 4 is 15.7 Å². The zero-order valence-corrected chi connectivity index (χ0v) is 18.8. The van der Waals surface area contributed by atoms with Gasteiger partial charge in [-0.1, -0.05) is 45.7 Å². The van der Waals surface area contributed by atoms with Gasteiger partial charge in [0.05, 0.1) is 17.4 Å². The van der Waals surface area contributed by atoms with Crippen LogP contribution in [-0.2, 0) is 15.4 Å². The van der Waals surface area contributed by atoms with Gasteiger partial charge in [-0.15, -0.1) is 0 Å². The van der Waals surface area contributed by atoms with Crippen LogP contribution in [0.2, 0.25) is 0 Å². The van der Waals surface area contributed by atoms with E-state index in [0.717, 1.165) is 25.7 Å². The molecule has 30 heavy (non-hydrogen) atoms. The van der Waals surface area contributed by atoms with E-state index in [-0.39, 0.29) is 17.3 Å². The normalized spacial score (nSPS) is 19.5. The summed E-state index contributed by atoms with van der Waals surface area (Å²) in [5.74, 6) is -0.276. The molecule has 8 heteroatoms. The van der Waals surface area contributed by atoms with Crippen LogP contribution >= 0.6 is 0 Å². The second-order valence-corrected chi connectivity index (χ2v) is 11.3. The maximum Gasteiger partial charge on any atom is 0.246 e. The van der Waals surface area contributed by atoms with E-state index in [1.807, 2.05) is 30.4 Å². The molecule has 1 aromatic carbocycles. The van der Waals surface area contributed by atoms with E-state index in [4.69, 9.17) is 5.10 Å². The lowest BCUT2D eigenvalue weighted by Gasteiger charge is -2.35. The first-order chi connectivity index (χ1) is 14.2. The van der Waals surface area contributed by atoms with Crippen molar-refractivity contribution < 1.29 is 12.8 Å². The van der Waals surface area contributed by atoms with Crippen molar-refractivity contribution in [1.82, 2.24) is 14.1 Å². The molecule has 0 atom stereocenters. The molecule has 0 N–H and O–H groups in total. The Morgan fingerprint density at radius 3 is 2.27 bits per heavy atom. The Balaban J connectivity index is 1.59. The average Bonchev–Trinajstić information content (AvgIpc) is 3.38. The summed E-state index contributed by atoms with van der Waals surface area (Å²) in [5, 5.41) is 4.75. The third kappa shape index (κ3) is 3.99. The van der Waals surface area contributed by atoms with Crippen LogP contribution in [0, 0.1) is 5.82 Å². The molecule has 1 aliphatic carbocycles. The fourth-order valence-corrected chi connectivity index (χ4v) is 6.21. The van der Waals surface area contributed by atoms with Crippen molar-refractivity contribution in [3.05, 3.63) is 42.0 Å². The zero-order valence-electron chi connectivity index (χ0n) is 18.0. The maximum atomic E-state index is 14.1. The maximum absolute atomic E-state index is 14.1. The van der Waals surface area contributed by atoms with Crippen molar-refractivity contribution in [3.8, 4) is 0 Å². The lowest BCUT2D eigenvalue weighted by molar-refractivity contribution is 0.381. The van der Waals surface area contributed by atoms with E-state index < -0.39 is 10.0 Å². The first-order valence-electron chi connectivity index (χ1n) is 10.8. The molecule has 164 valence electrons. The minimum atomic E-state index is -3.67. The van der Waals surface area contributed by atoms with E-state index in [1.165, 1.54) is 10.4 Å². The molecule has 2 aliphatic rings. The van der Waals surface area contributed by atoms with E-state index in [1.54, 1.807) is 24.4 Å². The lowest BCUT2D eigenvalue weighted by Crippen LogP contribution is -2.49. The lowest BCUT2D eigenvalue weighted by atomic mass is 9.92. The molecule has 4 rings (SSSR count). The molecule has 1 saturated carbocycles. The monoisotopic (exact) mass is 434 g/mol. The number of benzene rings is 1. The van der Waals surface area contributed by atoms with Gasteiger partial charge < -0.3 is 4.90 Å². The van der Waals surface area contributed by atoms with Crippen LogP contribution in [0.4, 0.5) is 10.1 Å². The van der Waals surface area contributed by atoms with Crippen molar-refractivity contribution in [2.75, 3.05) is 31.1 Å². The number of sulfonamides is 1. The van der Waals surface area contributed by atoms with Crippen LogP contribution in [0.5, 0.6) is 0 Å². The van der Waals surface area contributed by atoms with Crippen LogP contribution in [0.3, 0.4) is 0 Å². The largest absolute Gasteiger partial charge is 0.367 e. The van der Waals surface area contributed by atoms with Crippen LogP contribution in [0.1, 0.15) is 58.2 Å². The molecule has 2 heterocycles. The summed E-state index contributed by atoms with van der Waals surface area (Å²) in [7, 11) is -3.67. The van der Waals surface area contributed by atoms with E-state index >= 15 is 0 Å². The van der Waals surface area contributed by atoms with Gasteiger partial charge in [0.25, 0.3) is 0 Å². The van der Waals surface area contributed by atoms with Gasteiger partial charge in [-0.2, -0.15) is 9.40 Å². The van der Waals surface area contributed by atoms with Gasteiger partial charge in [-0.25, -0.2) is 12.8 Å². The number of hydrogen-bond acceptors (Lipinski definition) is 4. The quantitative estimate of drug-likeness (QED) is 0.731. The van der Waals surface area contributed by atoms with Gasteiger partial charge in [-0.3, -0.25) is 4.68 Å². The van der Waals surface area contributed by atoms with Crippen LogP contribution in [0.25, 0.3) is 0 Å². The first-order valence-corrected chi connectivity index (χ1v) is 12.2. The molecule has 6 nitrogen and oxygen atoms in total. The minimum absolute atomic E-state index is 0.276. The Hall–Kier alpha value is -1.93. The van der Waals surface area contributed by atoms with Crippen LogP contribution in [0.15, 0.2) is 35.4 Å². The van der Waals surface area contributed by atoms with E-state index in [0.29, 0.717) is 42.5 Å². The molecule has 0 unspecified atom stereocenters. The molecular formula is C22H31FN4O2S. The number of halogens is 1.